The molecule has 2 heterocycles. The van der Waals surface area contributed by atoms with Crippen molar-refractivity contribution in [1.82, 2.24) is 0 Å². The summed E-state index contributed by atoms with van der Waals surface area (Å²) < 4.78 is 16.6. The smallest absolute Gasteiger partial charge is 0.187 e. The van der Waals surface area contributed by atoms with E-state index >= 15 is 0 Å². The van der Waals surface area contributed by atoms with E-state index in [2.05, 4.69) is 0 Å². The number of fused-ring (bicyclic) bond motifs is 1. The molecule has 2 rings (SSSR count). The Morgan fingerprint density at radius 3 is 2.53 bits per heavy atom. The Hall–Kier alpha value is -0.200. The summed E-state index contributed by atoms with van der Waals surface area (Å²) >= 11 is 0. The zero-order valence-electron chi connectivity index (χ0n) is 9.00. The first-order chi connectivity index (χ1) is 7.17. The van der Waals surface area contributed by atoms with Crippen LogP contribution in [0.15, 0.2) is 0 Å². The van der Waals surface area contributed by atoms with Gasteiger partial charge in [-0.25, -0.2) is 0 Å². The van der Waals surface area contributed by atoms with Crippen LogP contribution in [0.1, 0.15) is 20.3 Å². The first-order valence-electron chi connectivity index (χ1n) is 5.42. The summed E-state index contributed by atoms with van der Waals surface area (Å²) in [5.41, 5.74) is 0. The Balaban J connectivity index is 1.98. The monoisotopic (exact) mass is 218 g/mol. The SMILES string of the molecule is CCC1O[C@H]2O[C@H]([C@H](O)CO)[C@@H](C)[C@H]2O1. The van der Waals surface area contributed by atoms with Gasteiger partial charge in [-0.15, -0.1) is 0 Å². The average molecular weight is 218 g/mol. The van der Waals surface area contributed by atoms with E-state index in [1.54, 1.807) is 0 Å². The molecule has 2 aliphatic rings. The quantitative estimate of drug-likeness (QED) is 0.689. The molecule has 0 aromatic carbocycles. The highest BCUT2D eigenvalue weighted by Crippen LogP contribution is 2.38. The molecular weight excluding hydrogens is 200 g/mol. The van der Waals surface area contributed by atoms with Gasteiger partial charge >= 0.3 is 0 Å². The van der Waals surface area contributed by atoms with E-state index in [1.807, 2.05) is 13.8 Å². The van der Waals surface area contributed by atoms with Gasteiger partial charge in [0.05, 0.1) is 12.7 Å². The second-order valence-corrected chi connectivity index (χ2v) is 4.15. The zero-order chi connectivity index (χ0) is 11.0. The van der Waals surface area contributed by atoms with Crippen LogP contribution in [0.5, 0.6) is 0 Å². The van der Waals surface area contributed by atoms with Gasteiger partial charge in [-0.2, -0.15) is 0 Å². The first-order valence-corrected chi connectivity index (χ1v) is 5.42. The van der Waals surface area contributed by atoms with Gasteiger partial charge in [0.1, 0.15) is 12.2 Å². The molecule has 0 aromatic heterocycles. The normalized spacial score (nSPS) is 46.8. The molecule has 2 aliphatic heterocycles. The van der Waals surface area contributed by atoms with Crippen LogP contribution in [0.2, 0.25) is 0 Å². The Morgan fingerprint density at radius 2 is 2.00 bits per heavy atom. The maximum absolute atomic E-state index is 9.52. The second kappa shape index (κ2) is 4.35. The maximum atomic E-state index is 9.52. The van der Waals surface area contributed by atoms with Gasteiger partial charge in [-0.1, -0.05) is 13.8 Å². The largest absolute Gasteiger partial charge is 0.394 e. The zero-order valence-corrected chi connectivity index (χ0v) is 9.00. The summed E-state index contributed by atoms with van der Waals surface area (Å²) in [7, 11) is 0. The lowest BCUT2D eigenvalue weighted by atomic mass is 9.97. The third kappa shape index (κ3) is 1.90. The van der Waals surface area contributed by atoms with Gasteiger partial charge < -0.3 is 24.4 Å². The number of hydrogen-bond donors (Lipinski definition) is 2. The minimum absolute atomic E-state index is 0.0358. The van der Waals surface area contributed by atoms with Gasteiger partial charge in [-0.05, 0) is 6.42 Å². The summed E-state index contributed by atoms with van der Waals surface area (Å²) in [6.45, 7) is 3.62. The van der Waals surface area contributed by atoms with Gasteiger partial charge in [0.15, 0.2) is 12.6 Å². The highest BCUT2D eigenvalue weighted by atomic mass is 16.8. The second-order valence-electron chi connectivity index (χ2n) is 4.15. The lowest BCUT2D eigenvalue weighted by molar-refractivity contribution is -0.181. The molecule has 0 aliphatic carbocycles. The molecule has 2 fully saturated rings. The van der Waals surface area contributed by atoms with Crippen molar-refractivity contribution in [2.75, 3.05) is 6.61 Å². The van der Waals surface area contributed by atoms with Crippen LogP contribution in [0.25, 0.3) is 0 Å². The molecule has 0 bridgehead atoms. The number of hydrogen-bond acceptors (Lipinski definition) is 5. The molecule has 0 saturated carbocycles. The van der Waals surface area contributed by atoms with Crippen LogP contribution in [-0.2, 0) is 14.2 Å². The van der Waals surface area contributed by atoms with E-state index in [4.69, 9.17) is 19.3 Å². The minimum atomic E-state index is -0.863. The minimum Gasteiger partial charge on any atom is -0.394 e. The van der Waals surface area contributed by atoms with Crippen LogP contribution in [0.4, 0.5) is 0 Å². The molecule has 1 unspecified atom stereocenters. The molecule has 88 valence electrons. The van der Waals surface area contributed by atoms with Crippen molar-refractivity contribution in [2.24, 2.45) is 5.92 Å². The predicted molar refractivity (Wildman–Crippen MR) is 51.0 cm³/mol. The van der Waals surface area contributed by atoms with Crippen molar-refractivity contribution in [3.05, 3.63) is 0 Å². The van der Waals surface area contributed by atoms with Crippen molar-refractivity contribution in [2.45, 2.75) is 51.2 Å². The molecule has 2 saturated heterocycles. The predicted octanol–water partition coefficient (Wildman–Crippen LogP) is -0.148. The van der Waals surface area contributed by atoms with Crippen LogP contribution in [0, 0.1) is 5.92 Å². The molecule has 2 N–H and O–H groups in total. The van der Waals surface area contributed by atoms with Gasteiger partial charge in [0.2, 0.25) is 0 Å². The van der Waals surface area contributed by atoms with Crippen LogP contribution < -0.4 is 0 Å². The van der Waals surface area contributed by atoms with Gasteiger partial charge in [-0.3, -0.25) is 0 Å². The van der Waals surface area contributed by atoms with E-state index in [-0.39, 0.29) is 24.9 Å². The molecule has 5 heteroatoms. The van der Waals surface area contributed by atoms with E-state index in [1.165, 1.54) is 0 Å². The molecule has 15 heavy (non-hydrogen) atoms. The molecule has 5 nitrogen and oxygen atoms in total. The molecule has 0 amide bonds. The summed E-state index contributed by atoms with van der Waals surface area (Å²) in [5.74, 6) is 0.0358. The fourth-order valence-electron chi connectivity index (χ4n) is 2.18. The summed E-state index contributed by atoms with van der Waals surface area (Å²) in [5, 5.41) is 18.4. The Kier molecular flexibility index (Phi) is 3.27. The van der Waals surface area contributed by atoms with Gasteiger partial charge in [0.25, 0.3) is 0 Å². The maximum Gasteiger partial charge on any atom is 0.187 e. The summed E-state index contributed by atoms with van der Waals surface area (Å²) in [4.78, 5) is 0. The van der Waals surface area contributed by atoms with Crippen molar-refractivity contribution in [3.63, 3.8) is 0 Å². The molecule has 6 atom stereocenters. The van der Waals surface area contributed by atoms with E-state index in [0.717, 1.165) is 6.42 Å². The van der Waals surface area contributed by atoms with Crippen molar-refractivity contribution in [1.29, 1.82) is 0 Å². The number of ether oxygens (including phenoxy) is 3. The van der Waals surface area contributed by atoms with Crippen LogP contribution in [0.3, 0.4) is 0 Å². The lowest BCUT2D eigenvalue weighted by Gasteiger charge is -2.22. The molecule has 0 aromatic rings. The van der Waals surface area contributed by atoms with Crippen LogP contribution >= 0.6 is 0 Å². The first kappa shape index (κ1) is 11.3. The fraction of sp³-hybridized carbons (Fsp3) is 1.00. The van der Waals surface area contributed by atoms with E-state index in [0.29, 0.717) is 0 Å². The Morgan fingerprint density at radius 1 is 1.27 bits per heavy atom. The Bertz CT molecular complexity index is 222. The highest BCUT2D eigenvalue weighted by Gasteiger charge is 2.51. The lowest BCUT2D eigenvalue weighted by Crippen LogP contribution is -2.36. The molecule has 0 radical (unpaired) electrons. The van der Waals surface area contributed by atoms with E-state index < -0.39 is 18.5 Å². The Labute approximate surface area is 88.9 Å². The topological polar surface area (TPSA) is 68.2 Å². The number of aliphatic hydroxyl groups is 2. The van der Waals surface area contributed by atoms with E-state index in [9.17, 15) is 5.11 Å². The number of aliphatic hydroxyl groups excluding tert-OH is 2. The molecule has 0 spiro atoms. The average Bonchev–Trinajstić information content (AvgIpc) is 2.77. The van der Waals surface area contributed by atoms with Crippen molar-refractivity contribution in [3.8, 4) is 0 Å². The standard InChI is InChI=1S/C10H18O5/c1-3-7-13-9-5(2)8(6(12)4-11)15-10(9)14-7/h5-12H,3-4H2,1-2H3/t5-,6-,7?,8+,9-,10+/m1/s1. The third-order valence-electron chi connectivity index (χ3n) is 3.09. The van der Waals surface area contributed by atoms with Crippen molar-refractivity contribution < 1.29 is 24.4 Å². The van der Waals surface area contributed by atoms with Crippen molar-refractivity contribution >= 4 is 0 Å². The summed E-state index contributed by atoms with van der Waals surface area (Å²) in [6, 6.07) is 0. The van der Waals surface area contributed by atoms with Crippen LogP contribution in [-0.4, -0.2) is 47.7 Å². The fourth-order valence-corrected chi connectivity index (χ4v) is 2.18. The van der Waals surface area contributed by atoms with Gasteiger partial charge in [0, 0.05) is 5.92 Å². The molecular formula is C10H18O5. The third-order valence-corrected chi connectivity index (χ3v) is 3.09. The number of rotatable bonds is 3. The highest BCUT2D eigenvalue weighted by molar-refractivity contribution is 4.91. The summed E-state index contributed by atoms with van der Waals surface area (Å²) in [6.07, 6.45) is -1.19.